The summed E-state index contributed by atoms with van der Waals surface area (Å²) in [5.74, 6) is -1.24. The maximum absolute atomic E-state index is 12.0. The summed E-state index contributed by atoms with van der Waals surface area (Å²) in [5.41, 5.74) is 2.12. The van der Waals surface area contributed by atoms with E-state index in [1.807, 2.05) is 0 Å². The minimum absolute atomic E-state index is 0.196. The molecule has 0 bridgehead atoms. The van der Waals surface area contributed by atoms with Gasteiger partial charge >= 0.3 is 11.9 Å². The van der Waals surface area contributed by atoms with Gasteiger partial charge in [-0.25, -0.2) is 14.8 Å². The van der Waals surface area contributed by atoms with Crippen LogP contribution in [0.5, 0.6) is 5.75 Å². The standard InChI is InChI=1S/C14H10N2O4/c17-11(18)5-9-3-1-2-8-4-10-6-15-7-16-12(10)14(19)20-13(8)9/h1-3,6-7H,4-5H2,(H,17,18). The van der Waals surface area contributed by atoms with E-state index in [4.69, 9.17) is 9.84 Å². The Morgan fingerprint density at radius 2 is 2.20 bits per heavy atom. The van der Waals surface area contributed by atoms with E-state index in [1.54, 1.807) is 24.4 Å². The maximum Gasteiger partial charge on any atom is 0.362 e. The summed E-state index contributed by atoms with van der Waals surface area (Å²) >= 11 is 0. The average molecular weight is 270 g/mol. The molecule has 0 unspecified atom stereocenters. The van der Waals surface area contributed by atoms with Crippen molar-refractivity contribution in [2.75, 3.05) is 0 Å². The van der Waals surface area contributed by atoms with Crippen molar-refractivity contribution < 1.29 is 19.4 Å². The first-order valence-corrected chi connectivity index (χ1v) is 5.99. The van der Waals surface area contributed by atoms with E-state index in [2.05, 4.69) is 9.97 Å². The summed E-state index contributed by atoms with van der Waals surface area (Å²) in [7, 11) is 0. The summed E-state index contributed by atoms with van der Waals surface area (Å²) in [6, 6.07) is 5.19. The molecule has 1 aromatic carbocycles. The van der Waals surface area contributed by atoms with Gasteiger partial charge in [-0.1, -0.05) is 18.2 Å². The molecule has 0 radical (unpaired) electrons. The number of rotatable bonds is 2. The van der Waals surface area contributed by atoms with Crippen LogP contribution in [0.4, 0.5) is 0 Å². The molecular weight excluding hydrogens is 260 g/mol. The second-order valence-electron chi connectivity index (χ2n) is 4.44. The fraction of sp³-hybridized carbons (Fsp3) is 0.143. The number of ether oxygens (including phenoxy) is 1. The Morgan fingerprint density at radius 3 is 3.00 bits per heavy atom. The minimum atomic E-state index is -0.976. The highest BCUT2D eigenvalue weighted by Crippen LogP contribution is 2.31. The number of para-hydroxylation sites is 1. The van der Waals surface area contributed by atoms with E-state index in [1.165, 1.54) is 6.33 Å². The first kappa shape index (κ1) is 12.3. The van der Waals surface area contributed by atoms with Crippen LogP contribution in [0.25, 0.3) is 0 Å². The zero-order chi connectivity index (χ0) is 14.1. The smallest absolute Gasteiger partial charge is 0.362 e. The SMILES string of the molecule is O=C(O)Cc1cccc2c1OC(=O)c1ncncc1C2. The lowest BCUT2D eigenvalue weighted by Gasteiger charge is -2.09. The van der Waals surface area contributed by atoms with E-state index < -0.39 is 11.9 Å². The molecule has 0 amide bonds. The Bertz CT molecular complexity index is 712. The van der Waals surface area contributed by atoms with Gasteiger partial charge in [0, 0.05) is 23.7 Å². The third kappa shape index (κ3) is 2.11. The van der Waals surface area contributed by atoms with Crippen molar-refractivity contribution in [1.82, 2.24) is 9.97 Å². The number of fused-ring (bicyclic) bond motifs is 2. The molecule has 1 aromatic heterocycles. The Labute approximate surface area is 114 Å². The Kier molecular flexibility index (Phi) is 2.90. The van der Waals surface area contributed by atoms with Gasteiger partial charge in [0.25, 0.3) is 0 Å². The van der Waals surface area contributed by atoms with Crippen molar-refractivity contribution in [1.29, 1.82) is 0 Å². The highest BCUT2D eigenvalue weighted by Gasteiger charge is 2.25. The van der Waals surface area contributed by atoms with E-state index in [0.29, 0.717) is 23.3 Å². The number of hydrogen-bond acceptors (Lipinski definition) is 5. The summed E-state index contributed by atoms with van der Waals surface area (Å²) in [5, 5.41) is 8.92. The van der Waals surface area contributed by atoms with Gasteiger partial charge in [-0.3, -0.25) is 4.79 Å². The summed E-state index contributed by atoms with van der Waals surface area (Å²) in [6.07, 6.45) is 3.10. The Balaban J connectivity index is 2.11. The van der Waals surface area contributed by atoms with Gasteiger partial charge in [0.15, 0.2) is 5.69 Å². The molecule has 1 aliphatic heterocycles. The number of carboxylic acid groups (broad SMARTS) is 1. The zero-order valence-electron chi connectivity index (χ0n) is 10.4. The van der Waals surface area contributed by atoms with Crippen LogP contribution >= 0.6 is 0 Å². The monoisotopic (exact) mass is 270 g/mol. The van der Waals surface area contributed by atoms with Gasteiger partial charge in [-0.15, -0.1) is 0 Å². The van der Waals surface area contributed by atoms with Crippen LogP contribution in [0.1, 0.15) is 27.2 Å². The van der Waals surface area contributed by atoms with Crippen molar-refractivity contribution >= 4 is 11.9 Å². The van der Waals surface area contributed by atoms with Crippen LogP contribution in [0.3, 0.4) is 0 Å². The fourth-order valence-corrected chi connectivity index (χ4v) is 2.23. The molecule has 1 N–H and O–H groups in total. The van der Waals surface area contributed by atoms with Crippen LogP contribution in [-0.2, 0) is 17.6 Å². The lowest BCUT2D eigenvalue weighted by Crippen LogP contribution is -2.13. The number of esters is 1. The molecule has 0 atom stereocenters. The van der Waals surface area contributed by atoms with Gasteiger partial charge in [0.1, 0.15) is 12.1 Å². The third-order valence-corrected chi connectivity index (χ3v) is 3.08. The van der Waals surface area contributed by atoms with Crippen molar-refractivity contribution in [2.24, 2.45) is 0 Å². The lowest BCUT2D eigenvalue weighted by atomic mass is 10.0. The van der Waals surface area contributed by atoms with E-state index >= 15 is 0 Å². The summed E-state index contributed by atoms with van der Waals surface area (Å²) in [4.78, 5) is 30.8. The van der Waals surface area contributed by atoms with E-state index in [-0.39, 0.29) is 12.1 Å². The molecule has 0 spiro atoms. The zero-order valence-corrected chi connectivity index (χ0v) is 10.4. The van der Waals surface area contributed by atoms with Crippen molar-refractivity contribution in [3.05, 3.63) is 53.1 Å². The molecule has 6 nitrogen and oxygen atoms in total. The molecule has 2 heterocycles. The average Bonchev–Trinajstić information content (AvgIpc) is 2.56. The highest BCUT2D eigenvalue weighted by molar-refractivity contribution is 5.92. The molecule has 1 aliphatic rings. The number of nitrogens with zero attached hydrogens (tertiary/aromatic N) is 2. The first-order valence-electron chi connectivity index (χ1n) is 5.99. The summed E-state index contributed by atoms with van der Waals surface area (Å²) < 4.78 is 5.32. The predicted molar refractivity (Wildman–Crippen MR) is 67.6 cm³/mol. The Hall–Kier alpha value is -2.76. The number of carbonyl (C=O) groups excluding carboxylic acids is 1. The number of carbonyl (C=O) groups is 2. The van der Waals surface area contributed by atoms with Crippen LogP contribution in [0.15, 0.2) is 30.7 Å². The van der Waals surface area contributed by atoms with Crippen LogP contribution in [0, 0.1) is 0 Å². The van der Waals surface area contributed by atoms with Crippen molar-refractivity contribution in [2.45, 2.75) is 12.8 Å². The highest BCUT2D eigenvalue weighted by atomic mass is 16.5. The number of hydrogen-bond donors (Lipinski definition) is 1. The largest absolute Gasteiger partial charge is 0.481 e. The van der Waals surface area contributed by atoms with Gasteiger partial charge in [-0.05, 0) is 5.56 Å². The molecule has 0 aliphatic carbocycles. The lowest BCUT2D eigenvalue weighted by molar-refractivity contribution is -0.136. The molecule has 0 saturated carbocycles. The molecule has 100 valence electrons. The second-order valence-corrected chi connectivity index (χ2v) is 4.44. The molecule has 3 rings (SSSR count). The van der Waals surface area contributed by atoms with Crippen molar-refractivity contribution in [3.63, 3.8) is 0 Å². The van der Waals surface area contributed by atoms with E-state index in [0.717, 1.165) is 5.56 Å². The van der Waals surface area contributed by atoms with Crippen LogP contribution < -0.4 is 4.74 Å². The second kappa shape index (κ2) is 4.73. The number of carboxylic acids is 1. The van der Waals surface area contributed by atoms with Crippen LogP contribution in [0.2, 0.25) is 0 Å². The van der Waals surface area contributed by atoms with E-state index in [9.17, 15) is 9.59 Å². The normalized spacial score (nSPS) is 12.9. The van der Waals surface area contributed by atoms with Gasteiger partial charge in [0.2, 0.25) is 0 Å². The topological polar surface area (TPSA) is 89.4 Å². The van der Waals surface area contributed by atoms with Gasteiger partial charge < -0.3 is 9.84 Å². The van der Waals surface area contributed by atoms with Gasteiger partial charge in [-0.2, -0.15) is 0 Å². The number of aliphatic carboxylic acids is 1. The maximum atomic E-state index is 12.0. The third-order valence-electron chi connectivity index (χ3n) is 3.08. The molecule has 20 heavy (non-hydrogen) atoms. The Morgan fingerprint density at radius 1 is 1.35 bits per heavy atom. The fourth-order valence-electron chi connectivity index (χ4n) is 2.23. The quantitative estimate of drug-likeness (QED) is 0.652. The molecule has 6 heteroatoms. The van der Waals surface area contributed by atoms with Gasteiger partial charge in [0.05, 0.1) is 6.42 Å². The number of aromatic nitrogens is 2. The molecule has 0 fully saturated rings. The van der Waals surface area contributed by atoms with Crippen molar-refractivity contribution in [3.8, 4) is 5.75 Å². The summed E-state index contributed by atoms with van der Waals surface area (Å²) in [6.45, 7) is 0. The number of benzene rings is 1. The molecule has 2 aromatic rings. The molecular formula is C14H10N2O4. The minimum Gasteiger partial charge on any atom is -0.481 e. The molecule has 0 saturated heterocycles. The van der Waals surface area contributed by atoms with Crippen LogP contribution in [-0.4, -0.2) is 27.0 Å². The predicted octanol–water partition coefficient (Wildman–Crippen LogP) is 1.23. The first-order chi connectivity index (χ1) is 9.65.